The van der Waals surface area contributed by atoms with E-state index in [0.29, 0.717) is 17.5 Å². The maximum Gasteiger partial charge on any atom is 0.225 e. The van der Waals surface area contributed by atoms with Crippen LogP contribution in [0.5, 0.6) is 0 Å². The van der Waals surface area contributed by atoms with Crippen molar-refractivity contribution in [2.45, 2.75) is 51.5 Å². The second-order valence-corrected chi connectivity index (χ2v) is 7.58. The number of amides is 2. The van der Waals surface area contributed by atoms with Crippen molar-refractivity contribution in [3.05, 3.63) is 17.4 Å². The first kappa shape index (κ1) is 18.2. The molecule has 2 amide bonds. The first-order chi connectivity index (χ1) is 12.1. The van der Waals surface area contributed by atoms with Crippen molar-refractivity contribution in [3.63, 3.8) is 0 Å². The largest absolute Gasteiger partial charge is 0.356 e. The van der Waals surface area contributed by atoms with Gasteiger partial charge in [-0.2, -0.15) is 5.10 Å². The van der Waals surface area contributed by atoms with Gasteiger partial charge in [0.15, 0.2) is 0 Å². The molecule has 25 heavy (non-hydrogen) atoms. The first-order valence-electron chi connectivity index (χ1n) is 9.38. The fourth-order valence-corrected chi connectivity index (χ4v) is 4.01. The lowest BCUT2D eigenvalue weighted by atomic mass is 9.94. The lowest BCUT2D eigenvalue weighted by molar-refractivity contribution is -0.139. The molecule has 3 rings (SSSR count). The highest BCUT2D eigenvalue weighted by molar-refractivity contribution is 6.30. The van der Waals surface area contributed by atoms with Gasteiger partial charge in [0, 0.05) is 44.2 Å². The number of aromatic nitrogens is 2. The van der Waals surface area contributed by atoms with E-state index in [4.69, 9.17) is 11.6 Å². The van der Waals surface area contributed by atoms with Crippen LogP contribution in [0.25, 0.3) is 0 Å². The molecule has 1 N–H and O–H groups in total. The standard InChI is InChI=1S/C18H27ClN4O2/c19-16-12-21-23(13-16)9-3-8-20-17(24)14-6-10-22(11-7-14)18(25)15-4-1-2-5-15/h12-15H,1-11H2,(H,20,24). The first-order valence-corrected chi connectivity index (χ1v) is 9.76. The number of carbonyl (C=O) groups excluding carboxylic acids is 2. The Morgan fingerprint density at radius 1 is 1.16 bits per heavy atom. The third kappa shape index (κ3) is 4.97. The van der Waals surface area contributed by atoms with Gasteiger partial charge in [-0.05, 0) is 32.1 Å². The summed E-state index contributed by atoms with van der Waals surface area (Å²) in [6.45, 7) is 2.82. The number of likely N-dealkylation sites (tertiary alicyclic amines) is 1. The molecular formula is C18H27ClN4O2. The quantitative estimate of drug-likeness (QED) is 0.786. The summed E-state index contributed by atoms with van der Waals surface area (Å²) in [5, 5.41) is 7.75. The van der Waals surface area contributed by atoms with Crippen molar-refractivity contribution in [1.82, 2.24) is 20.0 Å². The minimum Gasteiger partial charge on any atom is -0.356 e. The molecule has 0 spiro atoms. The van der Waals surface area contributed by atoms with E-state index in [1.807, 2.05) is 4.90 Å². The predicted molar refractivity (Wildman–Crippen MR) is 96.1 cm³/mol. The topological polar surface area (TPSA) is 67.2 Å². The van der Waals surface area contributed by atoms with Crippen molar-refractivity contribution in [3.8, 4) is 0 Å². The van der Waals surface area contributed by atoms with Gasteiger partial charge in [0.1, 0.15) is 0 Å². The molecule has 138 valence electrons. The fraction of sp³-hybridized carbons (Fsp3) is 0.722. The minimum absolute atomic E-state index is 0.0341. The summed E-state index contributed by atoms with van der Waals surface area (Å²) in [7, 11) is 0. The van der Waals surface area contributed by atoms with Gasteiger partial charge < -0.3 is 10.2 Å². The average Bonchev–Trinajstić information content (AvgIpc) is 3.30. The van der Waals surface area contributed by atoms with E-state index in [1.165, 1.54) is 12.8 Å². The number of hydrogen-bond donors (Lipinski definition) is 1. The van der Waals surface area contributed by atoms with Gasteiger partial charge in [-0.25, -0.2) is 0 Å². The number of nitrogens with zero attached hydrogens (tertiary/aromatic N) is 3. The Morgan fingerprint density at radius 3 is 2.52 bits per heavy atom. The zero-order chi connectivity index (χ0) is 17.6. The van der Waals surface area contributed by atoms with Gasteiger partial charge in [0.05, 0.1) is 11.2 Å². The van der Waals surface area contributed by atoms with E-state index in [2.05, 4.69) is 10.4 Å². The third-order valence-electron chi connectivity index (χ3n) is 5.35. The molecule has 1 aromatic heterocycles. The molecule has 0 aromatic carbocycles. The van der Waals surface area contributed by atoms with Crippen LogP contribution in [0.3, 0.4) is 0 Å². The highest BCUT2D eigenvalue weighted by Gasteiger charge is 2.31. The van der Waals surface area contributed by atoms with Crippen molar-refractivity contribution < 1.29 is 9.59 Å². The van der Waals surface area contributed by atoms with Crippen LogP contribution in [0.15, 0.2) is 12.4 Å². The lowest BCUT2D eigenvalue weighted by Crippen LogP contribution is -2.44. The normalized spacial score (nSPS) is 19.3. The van der Waals surface area contributed by atoms with Crippen LogP contribution in [-0.4, -0.2) is 46.1 Å². The number of piperidine rings is 1. The molecule has 0 unspecified atom stereocenters. The van der Waals surface area contributed by atoms with Crippen molar-refractivity contribution in [2.24, 2.45) is 11.8 Å². The molecule has 0 radical (unpaired) electrons. The molecule has 0 atom stereocenters. The SMILES string of the molecule is O=C(NCCCn1cc(Cl)cn1)C1CCN(C(=O)C2CCCC2)CC1. The number of hydrogen-bond acceptors (Lipinski definition) is 3. The molecule has 1 aliphatic carbocycles. The van der Waals surface area contributed by atoms with Gasteiger partial charge in [-0.3, -0.25) is 14.3 Å². The minimum atomic E-state index is 0.0341. The Hall–Kier alpha value is -1.56. The summed E-state index contributed by atoms with van der Waals surface area (Å²) in [4.78, 5) is 26.7. The van der Waals surface area contributed by atoms with Crippen LogP contribution < -0.4 is 5.32 Å². The third-order valence-corrected chi connectivity index (χ3v) is 5.54. The Kier molecular flexibility index (Phi) is 6.34. The maximum atomic E-state index is 12.4. The molecule has 1 saturated heterocycles. The monoisotopic (exact) mass is 366 g/mol. The molecule has 0 bridgehead atoms. The van der Waals surface area contributed by atoms with Crippen molar-refractivity contribution in [2.75, 3.05) is 19.6 Å². The number of halogens is 1. The Labute approximate surface area is 153 Å². The van der Waals surface area contributed by atoms with Gasteiger partial charge in [0.25, 0.3) is 0 Å². The van der Waals surface area contributed by atoms with Gasteiger partial charge >= 0.3 is 0 Å². The Bertz CT molecular complexity index is 590. The van der Waals surface area contributed by atoms with Gasteiger partial charge in [0.2, 0.25) is 11.8 Å². The van der Waals surface area contributed by atoms with E-state index in [1.54, 1.807) is 17.1 Å². The fourth-order valence-electron chi connectivity index (χ4n) is 3.85. The van der Waals surface area contributed by atoms with Crippen molar-refractivity contribution in [1.29, 1.82) is 0 Å². The summed E-state index contributed by atoms with van der Waals surface area (Å²) in [5.74, 6) is 0.702. The second kappa shape index (κ2) is 8.70. The highest BCUT2D eigenvalue weighted by Crippen LogP contribution is 2.28. The molecule has 1 aromatic rings. The summed E-state index contributed by atoms with van der Waals surface area (Å²) in [6.07, 6.45) is 10.2. The van der Waals surface area contributed by atoms with Crippen LogP contribution >= 0.6 is 11.6 Å². The number of rotatable bonds is 6. The summed E-state index contributed by atoms with van der Waals surface area (Å²) >= 11 is 5.82. The zero-order valence-corrected chi connectivity index (χ0v) is 15.4. The van der Waals surface area contributed by atoms with Gasteiger partial charge in [-0.15, -0.1) is 0 Å². The van der Waals surface area contributed by atoms with E-state index >= 15 is 0 Å². The highest BCUT2D eigenvalue weighted by atomic mass is 35.5. The molecule has 7 heteroatoms. The second-order valence-electron chi connectivity index (χ2n) is 7.15. The summed E-state index contributed by atoms with van der Waals surface area (Å²) in [5.41, 5.74) is 0. The van der Waals surface area contributed by atoms with E-state index < -0.39 is 0 Å². The number of carbonyl (C=O) groups is 2. The molecule has 6 nitrogen and oxygen atoms in total. The average molecular weight is 367 g/mol. The van der Waals surface area contributed by atoms with E-state index in [9.17, 15) is 9.59 Å². The van der Waals surface area contributed by atoms with E-state index in [0.717, 1.165) is 51.7 Å². The summed E-state index contributed by atoms with van der Waals surface area (Å²) in [6, 6.07) is 0. The molecule has 1 aliphatic heterocycles. The zero-order valence-electron chi connectivity index (χ0n) is 14.6. The smallest absolute Gasteiger partial charge is 0.225 e. The van der Waals surface area contributed by atoms with E-state index in [-0.39, 0.29) is 17.7 Å². The Morgan fingerprint density at radius 2 is 1.88 bits per heavy atom. The van der Waals surface area contributed by atoms with Crippen LogP contribution in [0.4, 0.5) is 0 Å². The molecule has 2 heterocycles. The molecule has 2 aliphatic rings. The van der Waals surface area contributed by atoms with Crippen LogP contribution in [0.2, 0.25) is 5.02 Å². The number of aryl methyl sites for hydroxylation is 1. The molecule has 1 saturated carbocycles. The summed E-state index contributed by atoms with van der Waals surface area (Å²) < 4.78 is 1.78. The predicted octanol–water partition coefficient (Wildman–Crippen LogP) is 2.47. The number of nitrogens with one attached hydrogen (secondary N) is 1. The lowest BCUT2D eigenvalue weighted by Gasteiger charge is -2.33. The molecular weight excluding hydrogens is 340 g/mol. The van der Waals surface area contributed by atoms with Crippen LogP contribution in [-0.2, 0) is 16.1 Å². The van der Waals surface area contributed by atoms with Gasteiger partial charge in [-0.1, -0.05) is 24.4 Å². The Balaban J connectivity index is 1.33. The van der Waals surface area contributed by atoms with Crippen LogP contribution in [0, 0.1) is 11.8 Å². The van der Waals surface area contributed by atoms with Crippen LogP contribution in [0.1, 0.15) is 44.9 Å². The maximum absolute atomic E-state index is 12.4. The van der Waals surface area contributed by atoms with Crippen molar-refractivity contribution >= 4 is 23.4 Å². The molecule has 2 fully saturated rings.